The van der Waals surface area contributed by atoms with Crippen LogP contribution in [0.1, 0.15) is 39.4 Å². The molecule has 1 atom stereocenters. The number of benzene rings is 2. The van der Waals surface area contributed by atoms with Crippen LogP contribution >= 0.6 is 0 Å². The third kappa shape index (κ3) is 4.74. The smallest absolute Gasteiger partial charge is 0.263 e. The second kappa shape index (κ2) is 9.13. The third-order valence-corrected chi connectivity index (χ3v) is 5.45. The van der Waals surface area contributed by atoms with Gasteiger partial charge in [-0.3, -0.25) is 14.4 Å². The Hall–Kier alpha value is -3.81. The van der Waals surface area contributed by atoms with Crippen LogP contribution in [-0.4, -0.2) is 22.9 Å². The minimum absolute atomic E-state index is 0.00728. The Labute approximate surface area is 182 Å². The summed E-state index contributed by atoms with van der Waals surface area (Å²) in [6.45, 7) is 0.821. The molecule has 1 unspecified atom stereocenters. The molecular formula is C24H21F2N3O3. The summed E-state index contributed by atoms with van der Waals surface area (Å²) in [6.07, 6.45) is 1.93. The number of pyridine rings is 1. The van der Waals surface area contributed by atoms with Gasteiger partial charge in [0.15, 0.2) is 11.6 Å². The summed E-state index contributed by atoms with van der Waals surface area (Å²) in [5.41, 5.74) is 1.70. The Bertz CT molecular complexity index is 1240. The van der Waals surface area contributed by atoms with E-state index in [4.69, 9.17) is 0 Å². The molecule has 1 saturated heterocycles. The molecule has 2 N–H and O–H groups in total. The molecule has 0 bridgehead atoms. The maximum absolute atomic E-state index is 13.5. The van der Waals surface area contributed by atoms with E-state index in [-0.39, 0.29) is 30.5 Å². The van der Waals surface area contributed by atoms with Gasteiger partial charge in [-0.05, 0) is 41.0 Å². The number of hydrogen-bond donors (Lipinski definition) is 2. The molecule has 3 aromatic rings. The first-order valence-corrected chi connectivity index (χ1v) is 10.2. The van der Waals surface area contributed by atoms with Crippen molar-refractivity contribution in [3.8, 4) is 0 Å². The van der Waals surface area contributed by atoms with E-state index in [0.29, 0.717) is 18.5 Å². The van der Waals surface area contributed by atoms with Gasteiger partial charge in [0.05, 0.1) is 6.54 Å². The zero-order valence-electron chi connectivity index (χ0n) is 17.1. The van der Waals surface area contributed by atoms with Crippen LogP contribution in [0, 0.1) is 11.6 Å². The fourth-order valence-corrected chi connectivity index (χ4v) is 3.74. The maximum atomic E-state index is 13.5. The van der Waals surface area contributed by atoms with Crippen molar-refractivity contribution in [1.29, 1.82) is 0 Å². The Morgan fingerprint density at radius 2 is 1.88 bits per heavy atom. The fourth-order valence-electron chi connectivity index (χ4n) is 3.74. The molecule has 2 aromatic carbocycles. The van der Waals surface area contributed by atoms with Crippen LogP contribution in [0.4, 0.5) is 8.78 Å². The molecule has 164 valence electrons. The van der Waals surface area contributed by atoms with Crippen molar-refractivity contribution in [2.24, 2.45) is 0 Å². The lowest BCUT2D eigenvalue weighted by molar-refractivity contribution is -0.119. The highest BCUT2D eigenvalue weighted by Crippen LogP contribution is 2.23. The Morgan fingerprint density at radius 1 is 1.03 bits per heavy atom. The van der Waals surface area contributed by atoms with Crippen molar-refractivity contribution in [2.75, 3.05) is 6.54 Å². The molecule has 32 heavy (non-hydrogen) atoms. The van der Waals surface area contributed by atoms with Gasteiger partial charge >= 0.3 is 0 Å². The lowest BCUT2D eigenvalue weighted by Crippen LogP contribution is -2.32. The number of carbonyl (C=O) groups excluding carboxylic acids is 2. The largest absolute Gasteiger partial charge is 0.355 e. The van der Waals surface area contributed by atoms with Gasteiger partial charge in [0.1, 0.15) is 5.56 Å². The quantitative estimate of drug-likeness (QED) is 0.622. The second-order valence-electron chi connectivity index (χ2n) is 7.74. The van der Waals surface area contributed by atoms with Crippen molar-refractivity contribution in [2.45, 2.75) is 25.4 Å². The van der Waals surface area contributed by atoms with Crippen molar-refractivity contribution >= 4 is 11.8 Å². The number of nitrogens with one attached hydrogen (secondary N) is 2. The van der Waals surface area contributed by atoms with Crippen LogP contribution in [0.25, 0.3) is 0 Å². The van der Waals surface area contributed by atoms with Crippen LogP contribution in [0.3, 0.4) is 0 Å². The normalized spacial score (nSPS) is 15.4. The zero-order valence-corrected chi connectivity index (χ0v) is 17.1. The average molecular weight is 437 g/mol. The summed E-state index contributed by atoms with van der Waals surface area (Å²) in [4.78, 5) is 36.8. The summed E-state index contributed by atoms with van der Waals surface area (Å²) in [6, 6.07) is 14.0. The molecule has 8 heteroatoms. The second-order valence-corrected chi connectivity index (χ2v) is 7.74. The van der Waals surface area contributed by atoms with Crippen molar-refractivity contribution in [3.05, 3.63) is 105 Å². The first-order valence-electron chi connectivity index (χ1n) is 10.2. The highest BCUT2D eigenvalue weighted by atomic mass is 19.2. The van der Waals surface area contributed by atoms with E-state index >= 15 is 0 Å². The molecule has 6 nitrogen and oxygen atoms in total. The number of amides is 2. The predicted molar refractivity (Wildman–Crippen MR) is 114 cm³/mol. The molecule has 0 saturated carbocycles. The topological polar surface area (TPSA) is 80.2 Å². The number of carbonyl (C=O) groups is 2. The average Bonchev–Trinajstić information content (AvgIpc) is 3.22. The number of nitrogens with zero attached hydrogens (tertiary/aromatic N) is 1. The Morgan fingerprint density at radius 3 is 2.62 bits per heavy atom. The minimum atomic E-state index is -0.996. The van der Waals surface area contributed by atoms with Crippen LogP contribution < -0.4 is 16.2 Å². The summed E-state index contributed by atoms with van der Waals surface area (Å²) in [5, 5.41) is 5.55. The maximum Gasteiger partial charge on any atom is 0.263 e. The van der Waals surface area contributed by atoms with Gasteiger partial charge in [-0.15, -0.1) is 0 Å². The monoisotopic (exact) mass is 437 g/mol. The van der Waals surface area contributed by atoms with Crippen molar-refractivity contribution in [1.82, 2.24) is 15.2 Å². The van der Waals surface area contributed by atoms with E-state index in [1.807, 2.05) is 24.3 Å². The molecule has 0 aliphatic carbocycles. The van der Waals surface area contributed by atoms with Gasteiger partial charge in [-0.1, -0.05) is 30.3 Å². The molecule has 1 aliphatic rings. The molecule has 4 rings (SSSR count). The molecule has 1 aromatic heterocycles. The third-order valence-electron chi connectivity index (χ3n) is 5.45. The van der Waals surface area contributed by atoms with Gasteiger partial charge in [0.25, 0.3) is 11.5 Å². The van der Waals surface area contributed by atoms with Gasteiger partial charge in [-0.25, -0.2) is 8.78 Å². The number of halogens is 2. The summed E-state index contributed by atoms with van der Waals surface area (Å²) in [7, 11) is 0. The first kappa shape index (κ1) is 21.4. The number of aromatic nitrogens is 1. The standard InChI is InChI=1S/C24H21F2N3O3/c25-20-7-6-16(10-21(20)26)14-29-8-2-5-19(24(29)32)23(31)28-12-15-3-1-4-17(9-15)18-11-22(30)27-13-18/h1-10,18H,11-14H2,(H,27,30)(H,28,31). The summed E-state index contributed by atoms with van der Waals surface area (Å²) in [5.74, 6) is -2.36. The molecular weight excluding hydrogens is 416 g/mol. The van der Waals surface area contributed by atoms with Crippen LogP contribution in [-0.2, 0) is 17.9 Å². The van der Waals surface area contributed by atoms with Gasteiger partial charge in [0, 0.05) is 31.6 Å². The number of hydrogen-bond acceptors (Lipinski definition) is 3. The van der Waals surface area contributed by atoms with Crippen LogP contribution in [0.2, 0.25) is 0 Å². The molecule has 1 fully saturated rings. The highest BCUT2D eigenvalue weighted by molar-refractivity contribution is 5.93. The minimum Gasteiger partial charge on any atom is -0.355 e. The number of rotatable bonds is 6. The molecule has 1 aliphatic heterocycles. The van der Waals surface area contributed by atoms with Gasteiger partial charge < -0.3 is 15.2 Å². The predicted octanol–water partition coefficient (Wildman–Crippen LogP) is 2.71. The van der Waals surface area contributed by atoms with Crippen LogP contribution in [0.15, 0.2) is 65.6 Å². The van der Waals surface area contributed by atoms with E-state index < -0.39 is 23.1 Å². The SMILES string of the molecule is O=C1CC(c2cccc(CNC(=O)c3cccn(Cc4ccc(F)c(F)c4)c3=O)c2)CN1. The summed E-state index contributed by atoms with van der Waals surface area (Å²) < 4.78 is 27.8. The van der Waals surface area contributed by atoms with Gasteiger partial charge in [-0.2, -0.15) is 0 Å². The van der Waals surface area contributed by atoms with E-state index in [2.05, 4.69) is 10.6 Å². The van der Waals surface area contributed by atoms with Crippen molar-refractivity contribution < 1.29 is 18.4 Å². The van der Waals surface area contributed by atoms with E-state index in [1.165, 1.54) is 22.9 Å². The first-order chi connectivity index (χ1) is 15.4. The molecule has 2 amide bonds. The Kier molecular flexibility index (Phi) is 6.11. The van der Waals surface area contributed by atoms with Crippen LogP contribution in [0.5, 0.6) is 0 Å². The van der Waals surface area contributed by atoms with E-state index in [0.717, 1.165) is 23.3 Å². The fraction of sp³-hybridized carbons (Fsp3) is 0.208. The highest BCUT2D eigenvalue weighted by Gasteiger charge is 2.23. The van der Waals surface area contributed by atoms with E-state index in [1.54, 1.807) is 6.07 Å². The summed E-state index contributed by atoms with van der Waals surface area (Å²) >= 11 is 0. The Balaban J connectivity index is 1.45. The molecule has 2 heterocycles. The van der Waals surface area contributed by atoms with Gasteiger partial charge in [0.2, 0.25) is 5.91 Å². The zero-order chi connectivity index (χ0) is 22.7. The van der Waals surface area contributed by atoms with E-state index in [9.17, 15) is 23.2 Å². The molecule has 0 radical (unpaired) electrons. The van der Waals surface area contributed by atoms with Crippen molar-refractivity contribution in [3.63, 3.8) is 0 Å². The lowest BCUT2D eigenvalue weighted by Gasteiger charge is -2.11. The molecule has 0 spiro atoms. The lowest BCUT2D eigenvalue weighted by atomic mass is 9.96.